The summed E-state index contributed by atoms with van der Waals surface area (Å²) in [5.74, 6) is 0.0704. The molecule has 20 heavy (non-hydrogen) atoms. The van der Waals surface area contributed by atoms with Gasteiger partial charge in [-0.15, -0.1) is 0 Å². The molecule has 0 aromatic carbocycles. The van der Waals surface area contributed by atoms with Gasteiger partial charge in [-0.3, -0.25) is 9.59 Å². The molecule has 5 nitrogen and oxygen atoms in total. The van der Waals surface area contributed by atoms with Crippen LogP contribution in [0.5, 0.6) is 0 Å². The number of rotatable bonds is 5. The van der Waals surface area contributed by atoms with Crippen molar-refractivity contribution < 1.29 is 14.3 Å². The third-order valence-electron chi connectivity index (χ3n) is 3.85. The van der Waals surface area contributed by atoms with Crippen molar-refractivity contribution in [2.45, 2.75) is 59.2 Å². The third kappa shape index (κ3) is 3.51. The average molecular weight is 284 g/mol. The summed E-state index contributed by atoms with van der Waals surface area (Å²) >= 11 is 0. The van der Waals surface area contributed by atoms with Crippen LogP contribution in [0.25, 0.3) is 0 Å². The number of amides is 2. The maximum absolute atomic E-state index is 12.7. The van der Waals surface area contributed by atoms with Gasteiger partial charge in [0.1, 0.15) is 12.1 Å². The zero-order chi connectivity index (χ0) is 15.7. The van der Waals surface area contributed by atoms with Crippen molar-refractivity contribution in [2.75, 3.05) is 13.7 Å². The highest BCUT2D eigenvalue weighted by atomic mass is 16.5. The summed E-state index contributed by atoms with van der Waals surface area (Å²) in [6.45, 7) is 12.1. The van der Waals surface area contributed by atoms with Crippen LogP contribution in [0.15, 0.2) is 0 Å². The van der Waals surface area contributed by atoms with Crippen molar-refractivity contribution in [3.05, 3.63) is 0 Å². The van der Waals surface area contributed by atoms with Gasteiger partial charge in [0.25, 0.3) is 0 Å². The molecule has 0 bridgehead atoms. The molecule has 1 fully saturated rings. The molecule has 5 heteroatoms. The highest BCUT2D eigenvalue weighted by Crippen LogP contribution is 2.23. The Morgan fingerprint density at radius 2 is 1.75 bits per heavy atom. The lowest BCUT2D eigenvalue weighted by atomic mass is 9.91. The van der Waals surface area contributed by atoms with Gasteiger partial charge in [0, 0.05) is 7.11 Å². The van der Waals surface area contributed by atoms with Crippen molar-refractivity contribution in [2.24, 2.45) is 11.8 Å². The number of nitrogens with zero attached hydrogens (tertiary/aromatic N) is 1. The monoisotopic (exact) mass is 284 g/mol. The van der Waals surface area contributed by atoms with Gasteiger partial charge < -0.3 is 15.0 Å². The number of nitrogens with one attached hydrogen (secondary N) is 1. The van der Waals surface area contributed by atoms with Crippen LogP contribution in [0.4, 0.5) is 0 Å². The smallest absolute Gasteiger partial charge is 0.246 e. The fraction of sp³-hybridized carbons (Fsp3) is 0.867. The second-order valence-corrected chi connectivity index (χ2v) is 6.85. The van der Waals surface area contributed by atoms with Crippen LogP contribution in [-0.4, -0.2) is 48.1 Å². The van der Waals surface area contributed by atoms with Gasteiger partial charge in [0.2, 0.25) is 11.8 Å². The summed E-state index contributed by atoms with van der Waals surface area (Å²) in [6, 6.07) is -0.864. The number of carbonyl (C=O) groups excluding carboxylic acids is 2. The Bertz CT molecular complexity index is 377. The normalized spacial score (nSPS) is 24.6. The molecule has 0 aliphatic carbocycles. The van der Waals surface area contributed by atoms with E-state index in [2.05, 4.69) is 5.32 Å². The molecular weight excluding hydrogens is 256 g/mol. The second kappa shape index (κ2) is 6.12. The van der Waals surface area contributed by atoms with Crippen molar-refractivity contribution in [1.29, 1.82) is 0 Å². The van der Waals surface area contributed by atoms with E-state index in [1.807, 2.05) is 41.5 Å². The minimum Gasteiger partial charge on any atom is -0.377 e. The van der Waals surface area contributed by atoms with E-state index >= 15 is 0 Å². The van der Waals surface area contributed by atoms with E-state index < -0.39 is 17.7 Å². The van der Waals surface area contributed by atoms with E-state index in [1.54, 1.807) is 12.0 Å². The lowest BCUT2D eigenvalue weighted by Crippen LogP contribution is -2.67. The van der Waals surface area contributed by atoms with Crippen LogP contribution in [0, 0.1) is 11.8 Å². The Hall–Kier alpha value is -1.10. The highest BCUT2D eigenvalue weighted by Gasteiger charge is 2.44. The predicted octanol–water partition coefficient (Wildman–Crippen LogP) is 1.42. The number of methoxy groups -OCH3 is 1. The van der Waals surface area contributed by atoms with Crippen LogP contribution in [0.2, 0.25) is 0 Å². The number of ether oxygens (including phenoxy) is 1. The van der Waals surface area contributed by atoms with Gasteiger partial charge in [-0.05, 0) is 25.7 Å². The van der Waals surface area contributed by atoms with Crippen LogP contribution >= 0.6 is 0 Å². The largest absolute Gasteiger partial charge is 0.377 e. The molecule has 0 spiro atoms. The van der Waals surface area contributed by atoms with Gasteiger partial charge in [0.05, 0.1) is 12.1 Å². The minimum atomic E-state index is -0.470. The van der Waals surface area contributed by atoms with Crippen molar-refractivity contribution >= 4 is 11.8 Å². The van der Waals surface area contributed by atoms with Crippen molar-refractivity contribution in [3.8, 4) is 0 Å². The molecule has 1 heterocycles. The van der Waals surface area contributed by atoms with E-state index in [4.69, 9.17) is 4.74 Å². The van der Waals surface area contributed by atoms with Gasteiger partial charge in [0.15, 0.2) is 0 Å². The zero-order valence-electron chi connectivity index (χ0n) is 13.7. The van der Waals surface area contributed by atoms with Crippen LogP contribution in [0.1, 0.15) is 41.5 Å². The molecule has 1 N–H and O–H groups in total. The van der Waals surface area contributed by atoms with E-state index in [0.717, 1.165) is 0 Å². The van der Waals surface area contributed by atoms with Gasteiger partial charge in [-0.2, -0.15) is 0 Å². The van der Waals surface area contributed by atoms with Crippen LogP contribution < -0.4 is 5.32 Å². The van der Waals surface area contributed by atoms with Gasteiger partial charge >= 0.3 is 0 Å². The summed E-state index contributed by atoms with van der Waals surface area (Å²) in [5.41, 5.74) is -0.470. The Morgan fingerprint density at radius 3 is 2.15 bits per heavy atom. The summed E-state index contributed by atoms with van der Waals surface area (Å²) in [4.78, 5) is 26.7. The molecule has 0 saturated carbocycles. The lowest BCUT2D eigenvalue weighted by Gasteiger charge is -2.44. The first kappa shape index (κ1) is 17.0. The number of hydrogen-bond acceptors (Lipinski definition) is 3. The SMILES string of the molecule is COC(C)(C)CN1C(=O)C(C(C)C)NC(=O)C1C(C)C. The van der Waals surface area contributed by atoms with Crippen molar-refractivity contribution in [1.82, 2.24) is 10.2 Å². The average Bonchev–Trinajstić information content (AvgIpc) is 2.32. The maximum atomic E-state index is 12.7. The minimum absolute atomic E-state index is 0.0107. The molecule has 1 saturated heterocycles. The molecule has 2 unspecified atom stereocenters. The third-order valence-corrected chi connectivity index (χ3v) is 3.85. The fourth-order valence-corrected chi connectivity index (χ4v) is 2.52. The second-order valence-electron chi connectivity index (χ2n) is 6.85. The molecule has 2 atom stereocenters. The van der Waals surface area contributed by atoms with Gasteiger partial charge in [-0.25, -0.2) is 0 Å². The Balaban J connectivity index is 3.08. The number of hydrogen-bond donors (Lipinski definition) is 1. The first-order chi connectivity index (χ1) is 9.10. The van der Waals surface area contributed by atoms with Crippen LogP contribution in [-0.2, 0) is 14.3 Å². The highest BCUT2D eigenvalue weighted by molar-refractivity contribution is 5.97. The zero-order valence-corrected chi connectivity index (χ0v) is 13.7. The topological polar surface area (TPSA) is 58.6 Å². The van der Waals surface area contributed by atoms with E-state index in [-0.39, 0.29) is 23.7 Å². The first-order valence-corrected chi connectivity index (χ1v) is 7.26. The van der Waals surface area contributed by atoms with Crippen LogP contribution in [0.3, 0.4) is 0 Å². The van der Waals surface area contributed by atoms with E-state index in [0.29, 0.717) is 6.54 Å². The molecule has 0 aromatic rings. The fourth-order valence-electron chi connectivity index (χ4n) is 2.52. The standard InChI is InChI=1S/C15H28N2O3/c1-9(2)11-14(19)17(8-15(5,6)20-7)12(10(3)4)13(18)16-11/h9-12H,8H2,1-7H3,(H,16,18). The molecule has 2 amide bonds. The first-order valence-electron chi connectivity index (χ1n) is 7.26. The summed E-state index contributed by atoms with van der Waals surface area (Å²) in [6.07, 6.45) is 0. The van der Waals surface area contributed by atoms with E-state index in [1.165, 1.54) is 0 Å². The predicted molar refractivity (Wildman–Crippen MR) is 78.2 cm³/mol. The summed E-state index contributed by atoms with van der Waals surface area (Å²) < 4.78 is 5.42. The quantitative estimate of drug-likeness (QED) is 0.830. The number of piperazine rings is 1. The van der Waals surface area contributed by atoms with Crippen molar-refractivity contribution in [3.63, 3.8) is 0 Å². The Kier molecular flexibility index (Phi) is 5.19. The Labute approximate surface area is 122 Å². The lowest BCUT2D eigenvalue weighted by molar-refractivity contribution is -0.156. The molecule has 0 aromatic heterocycles. The number of carbonyl (C=O) groups is 2. The summed E-state index contributed by atoms with van der Waals surface area (Å²) in [5, 5.41) is 2.86. The molecule has 1 rings (SSSR count). The molecular formula is C15H28N2O3. The maximum Gasteiger partial charge on any atom is 0.246 e. The molecule has 0 radical (unpaired) electrons. The van der Waals surface area contributed by atoms with Gasteiger partial charge in [-0.1, -0.05) is 27.7 Å². The molecule has 116 valence electrons. The molecule has 1 aliphatic rings. The Morgan fingerprint density at radius 1 is 1.20 bits per heavy atom. The van der Waals surface area contributed by atoms with E-state index in [9.17, 15) is 9.59 Å². The molecule has 1 aliphatic heterocycles. The summed E-state index contributed by atoms with van der Waals surface area (Å²) in [7, 11) is 1.62.